The number of nitriles is 1. The summed E-state index contributed by atoms with van der Waals surface area (Å²) in [5, 5.41) is 17.4. The highest BCUT2D eigenvalue weighted by atomic mass is 16.2. The van der Waals surface area contributed by atoms with Gasteiger partial charge in [0.15, 0.2) is 5.96 Å². The van der Waals surface area contributed by atoms with E-state index in [9.17, 15) is 10.1 Å². The molecule has 0 saturated heterocycles. The van der Waals surface area contributed by atoms with Crippen LogP contribution in [-0.4, -0.2) is 26.7 Å². The Labute approximate surface area is 183 Å². The van der Waals surface area contributed by atoms with Crippen molar-refractivity contribution < 1.29 is 4.79 Å². The molecule has 2 unspecified atom stereocenters. The Morgan fingerprint density at radius 2 is 2.13 bits per heavy atom. The number of aromatic nitrogens is 2. The van der Waals surface area contributed by atoms with Gasteiger partial charge in [-0.1, -0.05) is 39.2 Å². The smallest absolute Gasteiger partial charge is 0.237 e. The Morgan fingerprint density at radius 1 is 1.39 bits per heavy atom. The number of rotatable bonds is 8. The van der Waals surface area contributed by atoms with Crippen LogP contribution in [-0.2, 0) is 17.8 Å². The Hall–Kier alpha value is -3.27. The molecule has 1 aromatic heterocycles. The lowest BCUT2D eigenvalue weighted by Crippen LogP contribution is -2.44. The summed E-state index contributed by atoms with van der Waals surface area (Å²) >= 11 is 0. The topological polar surface area (TPSA) is 120 Å². The van der Waals surface area contributed by atoms with E-state index in [1.807, 2.05) is 18.2 Å². The highest BCUT2D eigenvalue weighted by Crippen LogP contribution is 2.42. The standard InChI is InChI=1S/C24H30N6O/c1-3-16(2)6-4-7-19-13-18-9-8-17(14-25)12-20(18)22(19)23(31)30(24(26)27)15-21-28-10-5-11-29-21/h5,8-12,16,19,22H,3-4,6-7,13,15H2,1-2H3,(H3,26,27)/t16?,19-,22?/m0/s1. The first kappa shape index (κ1) is 22.4. The fourth-order valence-electron chi connectivity index (χ4n) is 4.33. The monoisotopic (exact) mass is 418 g/mol. The van der Waals surface area contributed by atoms with Gasteiger partial charge < -0.3 is 5.73 Å². The predicted octanol–water partition coefficient (Wildman–Crippen LogP) is 3.74. The number of carbonyl (C=O) groups is 1. The first-order valence-electron chi connectivity index (χ1n) is 10.9. The van der Waals surface area contributed by atoms with Crippen LogP contribution in [0.25, 0.3) is 0 Å². The molecule has 162 valence electrons. The molecule has 7 heteroatoms. The van der Waals surface area contributed by atoms with E-state index in [1.165, 1.54) is 4.90 Å². The lowest BCUT2D eigenvalue weighted by Gasteiger charge is -2.27. The molecule has 31 heavy (non-hydrogen) atoms. The maximum Gasteiger partial charge on any atom is 0.237 e. The summed E-state index contributed by atoms with van der Waals surface area (Å²) in [7, 11) is 0. The molecule has 0 bridgehead atoms. The molecule has 3 atom stereocenters. The van der Waals surface area contributed by atoms with E-state index in [0.717, 1.165) is 43.2 Å². The van der Waals surface area contributed by atoms with Gasteiger partial charge in [-0.25, -0.2) is 9.97 Å². The molecule has 1 amide bonds. The molecule has 0 fully saturated rings. The van der Waals surface area contributed by atoms with Gasteiger partial charge in [0.25, 0.3) is 0 Å². The van der Waals surface area contributed by atoms with Crippen LogP contribution < -0.4 is 5.73 Å². The highest BCUT2D eigenvalue weighted by Gasteiger charge is 2.40. The van der Waals surface area contributed by atoms with Crippen LogP contribution in [0.15, 0.2) is 36.7 Å². The van der Waals surface area contributed by atoms with Crippen LogP contribution >= 0.6 is 0 Å². The van der Waals surface area contributed by atoms with Crippen LogP contribution in [0.1, 0.15) is 68.0 Å². The third-order valence-electron chi connectivity index (χ3n) is 6.27. The number of amides is 1. The van der Waals surface area contributed by atoms with Crippen LogP contribution in [0.2, 0.25) is 0 Å². The maximum absolute atomic E-state index is 13.7. The third kappa shape index (κ3) is 5.26. The van der Waals surface area contributed by atoms with Crippen molar-refractivity contribution in [2.24, 2.45) is 17.6 Å². The van der Waals surface area contributed by atoms with E-state index in [2.05, 4.69) is 29.9 Å². The summed E-state index contributed by atoms with van der Waals surface area (Å²) < 4.78 is 0. The van der Waals surface area contributed by atoms with Crippen molar-refractivity contribution in [2.45, 2.75) is 58.4 Å². The highest BCUT2D eigenvalue weighted by molar-refractivity contribution is 5.98. The number of guanidine groups is 1. The summed E-state index contributed by atoms with van der Waals surface area (Å²) in [6, 6.07) is 9.47. The number of fused-ring (bicyclic) bond motifs is 1. The van der Waals surface area contributed by atoms with Crippen molar-refractivity contribution >= 4 is 11.9 Å². The SMILES string of the molecule is CCC(C)CCC[C@H]1Cc2ccc(C#N)cc2C1C(=O)N(Cc1ncccn1)C(=N)N. The van der Waals surface area contributed by atoms with Crippen molar-refractivity contribution in [2.75, 3.05) is 0 Å². The van der Waals surface area contributed by atoms with Crippen LogP contribution in [0.4, 0.5) is 0 Å². The zero-order valence-corrected chi connectivity index (χ0v) is 18.2. The normalized spacial score (nSPS) is 18.1. The summed E-state index contributed by atoms with van der Waals surface area (Å²) in [4.78, 5) is 23.3. The number of hydrogen-bond donors (Lipinski definition) is 2. The predicted molar refractivity (Wildman–Crippen MR) is 119 cm³/mol. The maximum atomic E-state index is 13.7. The summed E-state index contributed by atoms with van der Waals surface area (Å²) in [6.07, 6.45) is 8.25. The second kappa shape index (κ2) is 10.2. The molecule has 0 saturated carbocycles. The minimum atomic E-state index is -0.423. The van der Waals surface area contributed by atoms with Crippen molar-refractivity contribution in [1.29, 1.82) is 10.7 Å². The minimum absolute atomic E-state index is 0.0539. The molecule has 3 rings (SSSR count). The van der Waals surface area contributed by atoms with Crippen molar-refractivity contribution in [3.8, 4) is 6.07 Å². The molecule has 0 spiro atoms. The lowest BCUT2D eigenvalue weighted by atomic mass is 9.86. The molecular formula is C24H30N6O. The van der Waals surface area contributed by atoms with Crippen LogP contribution in [0, 0.1) is 28.6 Å². The molecule has 0 aliphatic heterocycles. The van der Waals surface area contributed by atoms with Crippen molar-refractivity contribution in [3.63, 3.8) is 0 Å². The second-order valence-corrected chi connectivity index (χ2v) is 8.39. The molecule has 3 N–H and O–H groups in total. The fourth-order valence-corrected chi connectivity index (χ4v) is 4.33. The van der Waals surface area contributed by atoms with Crippen LogP contribution in [0.5, 0.6) is 0 Å². The first-order chi connectivity index (χ1) is 14.9. The molecule has 1 aliphatic carbocycles. The molecule has 1 aliphatic rings. The van der Waals surface area contributed by atoms with Gasteiger partial charge in [0.2, 0.25) is 5.91 Å². The number of nitrogens with zero attached hydrogens (tertiary/aromatic N) is 4. The molecular weight excluding hydrogens is 388 g/mol. The quantitative estimate of drug-likeness (QED) is 0.500. The zero-order valence-electron chi connectivity index (χ0n) is 18.2. The zero-order chi connectivity index (χ0) is 22.4. The fraction of sp³-hybridized carbons (Fsp3) is 0.458. The van der Waals surface area contributed by atoms with Gasteiger partial charge in [-0.05, 0) is 54.0 Å². The van der Waals surface area contributed by atoms with E-state index in [4.69, 9.17) is 11.1 Å². The van der Waals surface area contributed by atoms with E-state index < -0.39 is 5.92 Å². The largest absolute Gasteiger partial charge is 0.370 e. The number of nitrogens with one attached hydrogen (secondary N) is 1. The Bertz CT molecular complexity index is 968. The summed E-state index contributed by atoms with van der Waals surface area (Å²) in [6.45, 7) is 4.50. The van der Waals surface area contributed by atoms with E-state index in [1.54, 1.807) is 18.5 Å². The Kier molecular flexibility index (Phi) is 7.35. The summed E-state index contributed by atoms with van der Waals surface area (Å²) in [5.41, 5.74) is 8.34. The average Bonchev–Trinajstić information content (AvgIpc) is 3.14. The number of benzene rings is 1. The number of carbonyl (C=O) groups excluding carboxylic acids is 1. The average molecular weight is 419 g/mol. The number of hydrogen-bond acceptors (Lipinski definition) is 5. The minimum Gasteiger partial charge on any atom is -0.370 e. The van der Waals surface area contributed by atoms with Gasteiger partial charge in [-0.2, -0.15) is 5.26 Å². The molecule has 0 radical (unpaired) electrons. The third-order valence-corrected chi connectivity index (χ3v) is 6.27. The molecule has 1 heterocycles. The van der Waals surface area contributed by atoms with Gasteiger partial charge in [-0.3, -0.25) is 15.1 Å². The van der Waals surface area contributed by atoms with Gasteiger partial charge in [0, 0.05) is 12.4 Å². The number of nitrogens with two attached hydrogens (primary N) is 1. The Balaban J connectivity index is 1.89. The Morgan fingerprint density at radius 3 is 2.77 bits per heavy atom. The second-order valence-electron chi connectivity index (χ2n) is 8.39. The van der Waals surface area contributed by atoms with E-state index in [-0.39, 0.29) is 24.3 Å². The van der Waals surface area contributed by atoms with Gasteiger partial charge in [-0.15, -0.1) is 0 Å². The molecule has 1 aromatic carbocycles. The van der Waals surface area contributed by atoms with Crippen LogP contribution in [0.3, 0.4) is 0 Å². The molecule has 7 nitrogen and oxygen atoms in total. The van der Waals surface area contributed by atoms with E-state index >= 15 is 0 Å². The summed E-state index contributed by atoms with van der Waals surface area (Å²) in [5.74, 6) is 0.255. The first-order valence-corrected chi connectivity index (χ1v) is 10.9. The van der Waals surface area contributed by atoms with Gasteiger partial charge >= 0.3 is 0 Å². The van der Waals surface area contributed by atoms with Crippen molar-refractivity contribution in [1.82, 2.24) is 14.9 Å². The molecule has 2 aromatic rings. The lowest BCUT2D eigenvalue weighted by molar-refractivity contribution is -0.130. The van der Waals surface area contributed by atoms with E-state index in [0.29, 0.717) is 17.3 Å². The van der Waals surface area contributed by atoms with Gasteiger partial charge in [0.05, 0.1) is 24.1 Å². The van der Waals surface area contributed by atoms with Crippen molar-refractivity contribution in [3.05, 3.63) is 59.2 Å². The van der Waals surface area contributed by atoms with Gasteiger partial charge in [0.1, 0.15) is 5.82 Å².